The minimum absolute atomic E-state index is 0.227. The third-order valence-corrected chi connectivity index (χ3v) is 7.54. The Morgan fingerprint density at radius 1 is 1.17 bits per heavy atom. The molecule has 3 aromatic rings. The molecule has 2 aliphatic rings. The van der Waals surface area contributed by atoms with Crippen LogP contribution in [0.1, 0.15) is 49.6 Å². The molecule has 9 heteroatoms. The largest absolute Gasteiger partial charge is 0.466 e. The van der Waals surface area contributed by atoms with Crippen LogP contribution in [-0.2, 0) is 14.3 Å². The molecule has 2 aromatic heterocycles. The Balaban J connectivity index is 1.60. The lowest BCUT2D eigenvalue weighted by Gasteiger charge is -2.26. The molecule has 188 valence electrons. The molecule has 0 amide bonds. The molecule has 0 saturated carbocycles. The van der Waals surface area contributed by atoms with Crippen LogP contribution in [0.3, 0.4) is 0 Å². The van der Waals surface area contributed by atoms with Crippen LogP contribution < -0.4 is 19.8 Å². The molecular formula is C27H29N3O5S. The van der Waals surface area contributed by atoms with Crippen molar-refractivity contribution in [3.05, 3.63) is 84.2 Å². The Morgan fingerprint density at radius 3 is 2.56 bits per heavy atom. The highest BCUT2D eigenvalue weighted by molar-refractivity contribution is 7.07. The Kier molecular flexibility index (Phi) is 6.68. The highest BCUT2D eigenvalue weighted by Crippen LogP contribution is 2.31. The van der Waals surface area contributed by atoms with Gasteiger partial charge >= 0.3 is 5.97 Å². The number of esters is 1. The van der Waals surface area contributed by atoms with Gasteiger partial charge in [-0.2, -0.15) is 0 Å². The minimum Gasteiger partial charge on any atom is -0.466 e. The van der Waals surface area contributed by atoms with Crippen molar-refractivity contribution < 1.29 is 18.7 Å². The summed E-state index contributed by atoms with van der Waals surface area (Å²) < 4.78 is 18.6. The first kappa shape index (κ1) is 24.3. The van der Waals surface area contributed by atoms with Crippen LogP contribution in [0.15, 0.2) is 61.9 Å². The Bertz CT molecular complexity index is 1490. The van der Waals surface area contributed by atoms with E-state index in [-0.39, 0.29) is 5.56 Å². The highest BCUT2D eigenvalue weighted by atomic mass is 32.1. The smallest absolute Gasteiger partial charge is 0.338 e. The van der Waals surface area contributed by atoms with E-state index < -0.39 is 12.0 Å². The summed E-state index contributed by atoms with van der Waals surface area (Å²) in [6.07, 6.45) is 1.74. The zero-order chi connectivity index (χ0) is 25.4. The molecule has 8 nitrogen and oxygen atoms in total. The maximum Gasteiger partial charge on any atom is 0.338 e. The molecule has 5 rings (SSSR count). The first-order valence-corrected chi connectivity index (χ1v) is 12.8. The number of furan rings is 1. The first-order valence-electron chi connectivity index (χ1n) is 12.0. The predicted octanol–water partition coefficient (Wildman–Crippen LogP) is 2.96. The van der Waals surface area contributed by atoms with Crippen molar-refractivity contribution in [3.8, 4) is 0 Å². The van der Waals surface area contributed by atoms with E-state index in [1.54, 1.807) is 17.6 Å². The van der Waals surface area contributed by atoms with Gasteiger partial charge in [-0.1, -0.05) is 49.4 Å². The molecule has 1 aromatic carbocycles. The lowest BCUT2D eigenvalue weighted by Crippen LogP contribution is -2.39. The van der Waals surface area contributed by atoms with E-state index in [0.29, 0.717) is 45.5 Å². The molecule has 0 spiro atoms. The van der Waals surface area contributed by atoms with Crippen LogP contribution in [0.4, 0.5) is 5.88 Å². The van der Waals surface area contributed by atoms with Gasteiger partial charge in [0.25, 0.3) is 5.56 Å². The maximum absolute atomic E-state index is 13.7. The van der Waals surface area contributed by atoms with E-state index >= 15 is 0 Å². The van der Waals surface area contributed by atoms with Crippen LogP contribution in [0, 0.1) is 0 Å². The zero-order valence-electron chi connectivity index (χ0n) is 20.8. The summed E-state index contributed by atoms with van der Waals surface area (Å²) in [6, 6.07) is 11.2. The number of fused-ring (bicyclic) bond motifs is 1. The maximum atomic E-state index is 13.7. The first-order chi connectivity index (χ1) is 17.4. The van der Waals surface area contributed by atoms with E-state index in [2.05, 4.69) is 23.7 Å². The van der Waals surface area contributed by atoms with Crippen molar-refractivity contribution in [1.82, 2.24) is 4.57 Å². The molecule has 4 heterocycles. The molecule has 2 aliphatic heterocycles. The number of hydrogen-bond acceptors (Lipinski definition) is 8. The van der Waals surface area contributed by atoms with Gasteiger partial charge in [0.2, 0.25) is 0 Å². The van der Waals surface area contributed by atoms with Gasteiger partial charge in [-0.05, 0) is 30.0 Å². The summed E-state index contributed by atoms with van der Waals surface area (Å²) >= 11 is 1.28. The zero-order valence-corrected chi connectivity index (χ0v) is 21.6. The summed E-state index contributed by atoms with van der Waals surface area (Å²) in [5, 5.41) is 0. The van der Waals surface area contributed by atoms with Crippen molar-refractivity contribution in [2.45, 2.75) is 32.7 Å². The molecular weight excluding hydrogens is 478 g/mol. The topological polar surface area (TPSA) is 86.3 Å². The fourth-order valence-corrected chi connectivity index (χ4v) is 5.60. The van der Waals surface area contributed by atoms with E-state index in [0.717, 1.165) is 24.5 Å². The average Bonchev–Trinajstić information content (AvgIpc) is 3.48. The Morgan fingerprint density at radius 2 is 1.89 bits per heavy atom. The second-order valence-electron chi connectivity index (χ2n) is 9.17. The molecule has 1 atom stereocenters. The van der Waals surface area contributed by atoms with Crippen LogP contribution in [0.2, 0.25) is 0 Å². The normalized spacial score (nSPS) is 18.4. The molecule has 0 radical (unpaired) electrons. The standard InChI is InChI=1S/C27H29N3O5S/c1-16(2)18-5-7-19(8-6-18)24-23(26(32)33-4)17(3)28-27-30(24)25(31)21(36-27)15-20-9-10-22(35-20)29-11-13-34-14-12-29/h5-10,15-16,24H,11-14H2,1-4H3/b21-15-/t24-/m0/s1. The number of morpholine rings is 1. The summed E-state index contributed by atoms with van der Waals surface area (Å²) in [4.78, 5) is 33.8. The number of methoxy groups -OCH3 is 1. The SMILES string of the molecule is COC(=O)C1=C(C)N=c2s/c(=C\c3ccc(N4CCOCC4)o3)c(=O)n2[C@H]1c1ccc(C(C)C)cc1. The number of thiazole rings is 1. The van der Waals surface area contributed by atoms with Gasteiger partial charge < -0.3 is 18.8 Å². The van der Waals surface area contributed by atoms with Gasteiger partial charge in [0.1, 0.15) is 5.76 Å². The number of anilines is 1. The molecule has 0 bridgehead atoms. The second-order valence-corrected chi connectivity index (χ2v) is 10.2. The average molecular weight is 508 g/mol. The van der Waals surface area contributed by atoms with Gasteiger partial charge in [-0.3, -0.25) is 9.36 Å². The molecule has 36 heavy (non-hydrogen) atoms. The van der Waals surface area contributed by atoms with E-state index in [1.807, 2.05) is 36.4 Å². The van der Waals surface area contributed by atoms with Gasteiger partial charge in [0, 0.05) is 25.2 Å². The number of rotatable bonds is 5. The van der Waals surface area contributed by atoms with Crippen LogP contribution >= 0.6 is 11.3 Å². The number of carbonyl (C=O) groups is 1. The van der Waals surface area contributed by atoms with E-state index in [1.165, 1.54) is 24.0 Å². The van der Waals surface area contributed by atoms with E-state index in [4.69, 9.17) is 13.9 Å². The van der Waals surface area contributed by atoms with Crippen LogP contribution in [0.25, 0.3) is 6.08 Å². The highest BCUT2D eigenvalue weighted by Gasteiger charge is 2.33. The van der Waals surface area contributed by atoms with Crippen molar-refractivity contribution in [3.63, 3.8) is 0 Å². The molecule has 1 fully saturated rings. The van der Waals surface area contributed by atoms with Gasteiger partial charge in [-0.15, -0.1) is 0 Å². The van der Waals surface area contributed by atoms with Gasteiger partial charge in [-0.25, -0.2) is 9.79 Å². The van der Waals surface area contributed by atoms with Crippen molar-refractivity contribution in [2.24, 2.45) is 4.99 Å². The van der Waals surface area contributed by atoms with Crippen LogP contribution in [0.5, 0.6) is 0 Å². The molecule has 1 saturated heterocycles. The van der Waals surface area contributed by atoms with Crippen molar-refractivity contribution >= 4 is 29.3 Å². The predicted molar refractivity (Wildman–Crippen MR) is 138 cm³/mol. The summed E-state index contributed by atoms with van der Waals surface area (Å²) in [5.74, 6) is 1.21. The lowest BCUT2D eigenvalue weighted by atomic mass is 9.93. The number of ether oxygens (including phenoxy) is 2. The number of carbonyl (C=O) groups excluding carboxylic acids is 1. The summed E-state index contributed by atoms with van der Waals surface area (Å²) in [5.41, 5.74) is 2.69. The minimum atomic E-state index is -0.627. The number of allylic oxidation sites excluding steroid dienone is 1. The van der Waals surface area contributed by atoms with Crippen molar-refractivity contribution in [2.75, 3.05) is 38.3 Å². The Hall–Kier alpha value is -3.43. The third-order valence-electron chi connectivity index (χ3n) is 6.55. The quantitative estimate of drug-likeness (QED) is 0.494. The number of aromatic nitrogens is 1. The van der Waals surface area contributed by atoms with E-state index in [9.17, 15) is 9.59 Å². The monoisotopic (exact) mass is 507 g/mol. The third kappa shape index (κ3) is 4.44. The molecule has 0 unspecified atom stereocenters. The number of benzene rings is 1. The van der Waals surface area contributed by atoms with Gasteiger partial charge in [0.05, 0.1) is 42.2 Å². The lowest BCUT2D eigenvalue weighted by molar-refractivity contribution is -0.136. The molecule has 0 N–H and O–H groups in total. The Labute approximate surface area is 212 Å². The summed E-state index contributed by atoms with van der Waals surface area (Å²) in [6.45, 7) is 8.88. The molecule has 0 aliphatic carbocycles. The van der Waals surface area contributed by atoms with Gasteiger partial charge in [0.15, 0.2) is 10.7 Å². The summed E-state index contributed by atoms with van der Waals surface area (Å²) in [7, 11) is 1.34. The van der Waals surface area contributed by atoms with Crippen molar-refractivity contribution in [1.29, 1.82) is 0 Å². The fourth-order valence-electron chi connectivity index (χ4n) is 4.57. The number of nitrogens with zero attached hydrogens (tertiary/aromatic N) is 3. The fraction of sp³-hybridized carbons (Fsp3) is 0.370. The second kappa shape index (κ2) is 9.91. The van der Waals surface area contributed by atoms with Crippen LogP contribution in [-0.4, -0.2) is 43.9 Å². The number of hydrogen-bond donors (Lipinski definition) is 0.